The first kappa shape index (κ1) is 22.1. The lowest BCUT2D eigenvalue weighted by Gasteiger charge is -2.26. The van der Waals surface area contributed by atoms with Crippen molar-refractivity contribution in [2.24, 2.45) is 5.73 Å². The third kappa shape index (κ3) is 5.42. The first-order valence-corrected chi connectivity index (χ1v) is 10.7. The second-order valence-electron chi connectivity index (χ2n) is 6.89. The SMILES string of the molecule is Cl.NC[C@H]1CC[C@@H](C(=O)NCc2cccc(S(=O)(=O)N3CCCCC3)c2)O1. The second kappa shape index (κ2) is 9.84. The number of benzene rings is 1. The smallest absolute Gasteiger partial charge is 0.249 e. The van der Waals surface area contributed by atoms with Crippen molar-refractivity contribution >= 4 is 28.3 Å². The molecule has 1 amide bonds. The molecule has 2 aliphatic rings. The molecule has 0 spiro atoms. The number of hydrogen-bond acceptors (Lipinski definition) is 5. The van der Waals surface area contributed by atoms with Crippen molar-refractivity contribution < 1.29 is 17.9 Å². The monoisotopic (exact) mass is 417 g/mol. The summed E-state index contributed by atoms with van der Waals surface area (Å²) in [6.45, 7) is 1.84. The molecule has 27 heavy (non-hydrogen) atoms. The number of hydrogen-bond donors (Lipinski definition) is 2. The van der Waals surface area contributed by atoms with E-state index in [1.807, 2.05) is 6.07 Å². The summed E-state index contributed by atoms with van der Waals surface area (Å²) in [4.78, 5) is 12.5. The van der Waals surface area contributed by atoms with E-state index in [9.17, 15) is 13.2 Å². The third-order valence-corrected chi connectivity index (χ3v) is 6.88. The topological polar surface area (TPSA) is 102 Å². The van der Waals surface area contributed by atoms with E-state index in [1.54, 1.807) is 22.5 Å². The summed E-state index contributed by atoms with van der Waals surface area (Å²) in [6, 6.07) is 6.78. The Morgan fingerprint density at radius 1 is 1.22 bits per heavy atom. The first-order valence-electron chi connectivity index (χ1n) is 9.23. The summed E-state index contributed by atoms with van der Waals surface area (Å²) >= 11 is 0. The molecule has 0 aliphatic carbocycles. The number of piperidine rings is 1. The lowest BCUT2D eigenvalue weighted by molar-refractivity contribution is -0.132. The average molecular weight is 418 g/mol. The van der Waals surface area contributed by atoms with Gasteiger partial charge >= 0.3 is 0 Å². The zero-order chi connectivity index (χ0) is 18.6. The fourth-order valence-electron chi connectivity index (χ4n) is 3.45. The molecule has 1 aromatic carbocycles. The molecule has 0 unspecified atom stereocenters. The van der Waals surface area contributed by atoms with Crippen LogP contribution >= 0.6 is 12.4 Å². The van der Waals surface area contributed by atoms with Gasteiger partial charge in [0.15, 0.2) is 0 Å². The van der Waals surface area contributed by atoms with Crippen LogP contribution in [0.2, 0.25) is 0 Å². The Bertz CT molecular complexity index is 738. The van der Waals surface area contributed by atoms with Gasteiger partial charge in [-0.3, -0.25) is 4.79 Å². The van der Waals surface area contributed by atoms with E-state index in [4.69, 9.17) is 10.5 Å². The lowest BCUT2D eigenvalue weighted by Crippen LogP contribution is -2.36. The molecule has 0 saturated carbocycles. The minimum Gasteiger partial charge on any atom is -0.364 e. The summed E-state index contributed by atoms with van der Waals surface area (Å²) in [5, 5.41) is 2.83. The van der Waals surface area contributed by atoms with E-state index in [0.717, 1.165) is 31.2 Å². The van der Waals surface area contributed by atoms with Gasteiger partial charge in [-0.15, -0.1) is 12.4 Å². The van der Waals surface area contributed by atoms with E-state index < -0.39 is 16.1 Å². The van der Waals surface area contributed by atoms with Crippen molar-refractivity contribution in [1.29, 1.82) is 0 Å². The average Bonchev–Trinajstić information content (AvgIpc) is 3.16. The first-order chi connectivity index (χ1) is 12.5. The van der Waals surface area contributed by atoms with Crippen molar-refractivity contribution in [2.75, 3.05) is 19.6 Å². The lowest BCUT2D eigenvalue weighted by atomic mass is 10.2. The number of carbonyl (C=O) groups excluding carboxylic acids is 1. The molecule has 7 nitrogen and oxygen atoms in total. The van der Waals surface area contributed by atoms with E-state index in [-0.39, 0.29) is 35.9 Å². The second-order valence-corrected chi connectivity index (χ2v) is 8.83. The van der Waals surface area contributed by atoms with Crippen LogP contribution in [-0.4, -0.2) is 50.5 Å². The Morgan fingerprint density at radius 3 is 2.63 bits per heavy atom. The van der Waals surface area contributed by atoms with Crippen LogP contribution in [0.5, 0.6) is 0 Å². The maximum atomic E-state index is 12.8. The molecule has 0 radical (unpaired) electrons. The summed E-state index contributed by atoms with van der Waals surface area (Å²) in [5.41, 5.74) is 6.32. The minimum atomic E-state index is -3.47. The van der Waals surface area contributed by atoms with Crippen LogP contribution in [-0.2, 0) is 26.1 Å². The van der Waals surface area contributed by atoms with Gasteiger partial charge in [-0.25, -0.2) is 8.42 Å². The van der Waals surface area contributed by atoms with Crippen molar-refractivity contribution in [1.82, 2.24) is 9.62 Å². The van der Waals surface area contributed by atoms with Crippen LogP contribution in [0, 0.1) is 0 Å². The highest BCUT2D eigenvalue weighted by Gasteiger charge is 2.30. The summed E-state index contributed by atoms with van der Waals surface area (Å²) in [6.07, 6.45) is 3.81. The van der Waals surface area contributed by atoms with Crippen molar-refractivity contribution in [3.8, 4) is 0 Å². The zero-order valence-corrected chi connectivity index (χ0v) is 16.9. The Morgan fingerprint density at radius 2 is 1.96 bits per heavy atom. The number of carbonyl (C=O) groups is 1. The van der Waals surface area contributed by atoms with Crippen LogP contribution in [0.25, 0.3) is 0 Å². The van der Waals surface area contributed by atoms with Crippen LogP contribution < -0.4 is 11.1 Å². The predicted molar refractivity (Wildman–Crippen MR) is 105 cm³/mol. The molecule has 1 aromatic rings. The summed E-state index contributed by atoms with van der Waals surface area (Å²) in [5.74, 6) is -0.176. The Balaban J connectivity index is 0.00000261. The van der Waals surface area contributed by atoms with Crippen LogP contribution in [0.15, 0.2) is 29.2 Å². The maximum absolute atomic E-state index is 12.8. The number of nitrogens with two attached hydrogens (primary N) is 1. The fourth-order valence-corrected chi connectivity index (χ4v) is 5.03. The molecule has 2 aliphatic heterocycles. The van der Waals surface area contributed by atoms with Crippen molar-refractivity contribution in [3.63, 3.8) is 0 Å². The number of rotatable bonds is 6. The molecule has 2 fully saturated rings. The highest BCUT2D eigenvalue weighted by Crippen LogP contribution is 2.22. The highest BCUT2D eigenvalue weighted by atomic mass is 35.5. The maximum Gasteiger partial charge on any atom is 0.249 e. The van der Waals surface area contributed by atoms with E-state index >= 15 is 0 Å². The van der Waals surface area contributed by atoms with Crippen LogP contribution in [0.4, 0.5) is 0 Å². The largest absolute Gasteiger partial charge is 0.364 e. The molecule has 3 N–H and O–H groups in total. The van der Waals surface area contributed by atoms with Crippen LogP contribution in [0.1, 0.15) is 37.7 Å². The third-order valence-electron chi connectivity index (χ3n) is 4.98. The molecule has 0 aromatic heterocycles. The van der Waals surface area contributed by atoms with Crippen LogP contribution in [0.3, 0.4) is 0 Å². The number of ether oxygens (including phenoxy) is 1. The van der Waals surface area contributed by atoms with Crippen molar-refractivity contribution in [3.05, 3.63) is 29.8 Å². The number of nitrogens with one attached hydrogen (secondary N) is 1. The van der Waals surface area contributed by atoms with Gasteiger partial charge < -0.3 is 15.8 Å². The zero-order valence-electron chi connectivity index (χ0n) is 15.3. The van der Waals surface area contributed by atoms with E-state index in [1.165, 1.54) is 0 Å². The van der Waals surface area contributed by atoms with Gasteiger partial charge in [0.05, 0.1) is 11.0 Å². The summed E-state index contributed by atoms with van der Waals surface area (Å²) in [7, 11) is -3.47. The molecule has 152 valence electrons. The van der Waals surface area contributed by atoms with Gasteiger partial charge in [0.25, 0.3) is 0 Å². The quantitative estimate of drug-likeness (QED) is 0.728. The Kier molecular flexibility index (Phi) is 8.05. The predicted octanol–water partition coefficient (Wildman–Crippen LogP) is 1.41. The standard InChI is InChI=1S/C18H27N3O4S.ClH/c19-12-15-7-8-17(25-15)18(22)20-13-14-5-4-6-16(11-14)26(23,24)21-9-2-1-3-10-21;/h4-6,11,15,17H,1-3,7-10,12-13,19H2,(H,20,22);1H/t15-,17+;/m1./s1. The van der Waals surface area contributed by atoms with Gasteiger partial charge in [-0.05, 0) is 43.4 Å². The van der Waals surface area contributed by atoms with Crippen molar-refractivity contribution in [2.45, 2.75) is 55.8 Å². The number of sulfonamides is 1. The molecule has 2 atom stereocenters. The van der Waals surface area contributed by atoms with Gasteiger partial charge in [0.1, 0.15) is 6.10 Å². The molecule has 0 bridgehead atoms. The summed E-state index contributed by atoms with van der Waals surface area (Å²) < 4.78 is 32.7. The Hall–Kier alpha value is -1.19. The number of nitrogens with zero attached hydrogens (tertiary/aromatic N) is 1. The van der Waals surface area contributed by atoms with Gasteiger partial charge in [0, 0.05) is 26.2 Å². The van der Waals surface area contributed by atoms with Gasteiger partial charge in [-0.1, -0.05) is 18.6 Å². The number of halogens is 1. The molecule has 2 saturated heterocycles. The number of amides is 1. The molecule has 2 heterocycles. The highest BCUT2D eigenvalue weighted by molar-refractivity contribution is 7.89. The van der Waals surface area contributed by atoms with Gasteiger partial charge in [0.2, 0.25) is 15.9 Å². The van der Waals surface area contributed by atoms with E-state index in [0.29, 0.717) is 26.1 Å². The normalized spacial score (nSPS) is 23.6. The molecular weight excluding hydrogens is 390 g/mol. The van der Waals surface area contributed by atoms with E-state index in [2.05, 4.69) is 5.32 Å². The molecule has 3 rings (SSSR count). The minimum absolute atomic E-state index is 0. The van der Waals surface area contributed by atoms with Gasteiger partial charge in [-0.2, -0.15) is 4.31 Å². The molecule has 9 heteroatoms. The fraction of sp³-hybridized carbons (Fsp3) is 0.611. The Labute approximate surface area is 167 Å². The molecular formula is C18H28ClN3O4S.